The smallest absolute Gasteiger partial charge is 0.280 e. The highest BCUT2D eigenvalue weighted by Gasteiger charge is 2.27. The maximum absolute atomic E-state index is 12.3. The summed E-state index contributed by atoms with van der Waals surface area (Å²) in [5.41, 5.74) is 0.523. The highest BCUT2D eigenvalue weighted by atomic mass is 16.5. The molecule has 2 aliphatic heterocycles. The molecule has 3 rings (SSSR count). The van der Waals surface area contributed by atoms with Crippen molar-refractivity contribution in [3.63, 3.8) is 0 Å². The van der Waals surface area contributed by atoms with Crippen LogP contribution in [0.15, 0.2) is 58.7 Å². The van der Waals surface area contributed by atoms with Crippen LogP contribution in [-0.2, 0) is 4.79 Å². The van der Waals surface area contributed by atoms with Crippen molar-refractivity contribution in [3.05, 3.63) is 54.3 Å². The van der Waals surface area contributed by atoms with Crippen molar-refractivity contribution in [2.45, 2.75) is 0 Å². The Hall–Kier alpha value is -3.02. The first-order valence-corrected chi connectivity index (χ1v) is 6.68. The van der Waals surface area contributed by atoms with E-state index in [1.54, 1.807) is 55.8 Å². The summed E-state index contributed by atoms with van der Waals surface area (Å²) in [6, 6.07) is 6.56. The van der Waals surface area contributed by atoms with Gasteiger partial charge in [0.1, 0.15) is 17.3 Å². The zero-order chi connectivity index (χ0) is 15.5. The summed E-state index contributed by atoms with van der Waals surface area (Å²) in [4.78, 5) is 34.0. The van der Waals surface area contributed by atoms with Crippen LogP contribution >= 0.6 is 0 Å². The van der Waals surface area contributed by atoms with E-state index in [1.807, 2.05) is 0 Å². The molecule has 0 fully saturated rings. The Morgan fingerprint density at radius 1 is 1.27 bits per heavy atom. The minimum Gasteiger partial charge on any atom is -0.497 e. The van der Waals surface area contributed by atoms with E-state index in [2.05, 4.69) is 9.98 Å². The molecule has 0 saturated heterocycles. The van der Waals surface area contributed by atoms with Gasteiger partial charge in [0.15, 0.2) is 0 Å². The van der Waals surface area contributed by atoms with Gasteiger partial charge in [-0.2, -0.15) is 0 Å². The lowest BCUT2D eigenvalue weighted by atomic mass is 10.2. The number of amides is 2. The fourth-order valence-electron chi connectivity index (χ4n) is 2.10. The number of ether oxygens (including phenoxy) is 1. The number of hydrogen-bond acceptors (Lipinski definition) is 4. The van der Waals surface area contributed by atoms with Crippen LogP contribution in [0, 0.1) is 0 Å². The van der Waals surface area contributed by atoms with Crippen LogP contribution in [0.25, 0.3) is 0 Å². The van der Waals surface area contributed by atoms with Gasteiger partial charge in [-0.25, -0.2) is 4.99 Å². The average Bonchev–Trinajstić information content (AvgIpc) is 2.57. The van der Waals surface area contributed by atoms with Gasteiger partial charge in [0.05, 0.1) is 13.7 Å². The largest absolute Gasteiger partial charge is 0.497 e. The Kier molecular flexibility index (Phi) is 3.65. The number of rotatable bonds is 2. The fraction of sp³-hybridized carbons (Fsp3) is 0.125. The van der Waals surface area contributed by atoms with Gasteiger partial charge in [-0.05, 0) is 36.4 Å². The Labute approximate surface area is 127 Å². The molecule has 0 aliphatic carbocycles. The van der Waals surface area contributed by atoms with Gasteiger partial charge in [-0.15, -0.1) is 0 Å². The molecule has 0 spiro atoms. The Morgan fingerprint density at radius 2 is 2.05 bits per heavy atom. The lowest BCUT2D eigenvalue weighted by Crippen LogP contribution is -2.43. The van der Waals surface area contributed by atoms with Crippen LogP contribution in [0.2, 0.25) is 0 Å². The van der Waals surface area contributed by atoms with Gasteiger partial charge >= 0.3 is 0 Å². The molecule has 0 bridgehead atoms. The Balaban J connectivity index is 1.84. The van der Waals surface area contributed by atoms with Gasteiger partial charge < -0.3 is 4.74 Å². The lowest BCUT2D eigenvalue weighted by molar-refractivity contribution is -0.119. The molecule has 2 aliphatic rings. The van der Waals surface area contributed by atoms with E-state index in [1.165, 1.54) is 4.90 Å². The van der Waals surface area contributed by atoms with Gasteiger partial charge in [0.2, 0.25) is 0 Å². The van der Waals surface area contributed by atoms with Gasteiger partial charge in [-0.3, -0.25) is 19.5 Å². The topological polar surface area (TPSA) is 71.3 Å². The Bertz CT molecular complexity index is 742. The molecule has 6 nitrogen and oxygen atoms in total. The van der Waals surface area contributed by atoms with E-state index in [-0.39, 0.29) is 18.2 Å². The molecule has 0 atom stereocenters. The number of methoxy groups -OCH3 is 1. The molecule has 1 aromatic rings. The van der Waals surface area contributed by atoms with E-state index in [9.17, 15) is 9.59 Å². The molecule has 2 heterocycles. The molecular weight excluding hydrogens is 282 g/mol. The van der Waals surface area contributed by atoms with Crippen molar-refractivity contribution in [3.8, 4) is 5.75 Å². The second kappa shape index (κ2) is 5.77. The number of carbonyl (C=O) groups excluding carboxylic acids is 2. The van der Waals surface area contributed by atoms with Gasteiger partial charge in [0.25, 0.3) is 11.8 Å². The first-order valence-electron chi connectivity index (χ1n) is 6.68. The summed E-state index contributed by atoms with van der Waals surface area (Å²) < 4.78 is 5.04. The molecule has 0 saturated carbocycles. The molecule has 0 unspecified atom stereocenters. The van der Waals surface area contributed by atoms with E-state index in [4.69, 9.17) is 4.74 Å². The van der Waals surface area contributed by atoms with Crippen molar-refractivity contribution in [2.75, 3.05) is 13.7 Å². The van der Waals surface area contributed by atoms with Crippen LogP contribution in [0.3, 0.4) is 0 Å². The minimum atomic E-state index is -0.471. The predicted molar refractivity (Wildman–Crippen MR) is 82.2 cm³/mol. The SMILES string of the molecule is COc1ccc(C(=O)N=C2CN=C3C=CC=CN3C2=O)cc1. The Morgan fingerprint density at radius 3 is 2.77 bits per heavy atom. The van der Waals surface area contributed by atoms with Crippen molar-refractivity contribution in [1.82, 2.24) is 4.90 Å². The third-order valence-corrected chi connectivity index (χ3v) is 3.27. The van der Waals surface area contributed by atoms with Gasteiger partial charge in [0, 0.05) is 11.8 Å². The number of carbonyl (C=O) groups is 2. The first kappa shape index (κ1) is 13.9. The van der Waals surface area contributed by atoms with Crippen LogP contribution in [0.4, 0.5) is 0 Å². The first-order chi connectivity index (χ1) is 10.7. The van der Waals surface area contributed by atoms with Crippen molar-refractivity contribution in [2.24, 2.45) is 9.98 Å². The molecule has 0 N–H and O–H groups in total. The highest BCUT2D eigenvalue weighted by molar-refractivity contribution is 6.46. The second-order valence-electron chi connectivity index (χ2n) is 4.64. The third kappa shape index (κ3) is 2.58. The van der Waals surface area contributed by atoms with Crippen LogP contribution in [0.5, 0.6) is 5.75 Å². The lowest BCUT2D eigenvalue weighted by Gasteiger charge is -2.24. The van der Waals surface area contributed by atoms with Crippen molar-refractivity contribution >= 4 is 23.4 Å². The number of amidine groups is 1. The number of aliphatic imine (C=N–C) groups is 2. The zero-order valence-corrected chi connectivity index (χ0v) is 11.9. The summed E-state index contributed by atoms with van der Waals surface area (Å²) in [6.07, 6.45) is 6.87. The quantitative estimate of drug-likeness (QED) is 0.832. The highest BCUT2D eigenvalue weighted by Crippen LogP contribution is 2.14. The molecular formula is C16H13N3O3. The summed E-state index contributed by atoms with van der Waals surface area (Å²) in [5, 5.41) is 0. The molecule has 2 amide bonds. The minimum absolute atomic E-state index is 0.102. The van der Waals surface area contributed by atoms with Crippen molar-refractivity contribution in [1.29, 1.82) is 0 Å². The molecule has 110 valence electrons. The van der Waals surface area contributed by atoms with E-state index >= 15 is 0 Å². The monoisotopic (exact) mass is 295 g/mol. The molecule has 22 heavy (non-hydrogen) atoms. The van der Waals surface area contributed by atoms with Crippen LogP contribution in [0.1, 0.15) is 10.4 Å². The summed E-state index contributed by atoms with van der Waals surface area (Å²) in [6.45, 7) is 0.102. The van der Waals surface area contributed by atoms with E-state index < -0.39 is 5.91 Å². The zero-order valence-electron chi connectivity index (χ0n) is 11.9. The summed E-state index contributed by atoms with van der Waals surface area (Å²) >= 11 is 0. The number of benzene rings is 1. The van der Waals surface area contributed by atoms with Crippen molar-refractivity contribution < 1.29 is 14.3 Å². The number of nitrogens with zero attached hydrogens (tertiary/aromatic N) is 3. The maximum Gasteiger partial charge on any atom is 0.280 e. The van der Waals surface area contributed by atoms with Gasteiger partial charge in [-0.1, -0.05) is 6.08 Å². The normalized spacial score (nSPS) is 18.2. The molecule has 1 aromatic carbocycles. The second-order valence-corrected chi connectivity index (χ2v) is 4.64. The third-order valence-electron chi connectivity index (χ3n) is 3.27. The molecule has 0 aromatic heterocycles. The van der Waals surface area contributed by atoms with Crippen LogP contribution in [-0.4, -0.2) is 41.9 Å². The number of fused-ring (bicyclic) bond motifs is 1. The molecule has 6 heteroatoms. The fourth-order valence-corrected chi connectivity index (χ4v) is 2.10. The van der Waals surface area contributed by atoms with Crippen LogP contribution < -0.4 is 4.74 Å². The molecule has 0 radical (unpaired) electrons. The maximum atomic E-state index is 12.3. The van der Waals surface area contributed by atoms with E-state index in [0.29, 0.717) is 17.1 Å². The number of allylic oxidation sites excluding steroid dienone is 2. The van der Waals surface area contributed by atoms with E-state index in [0.717, 1.165) is 0 Å². The standard InChI is InChI=1S/C16H13N3O3/c1-22-12-7-5-11(6-8-12)15(20)18-13-10-17-14-4-2-3-9-19(14)16(13)21/h2-9H,10H2,1H3. The number of hydrogen-bond donors (Lipinski definition) is 0. The predicted octanol–water partition coefficient (Wildman–Crippen LogP) is 1.60. The summed E-state index contributed by atoms with van der Waals surface area (Å²) in [7, 11) is 1.55. The average molecular weight is 295 g/mol. The summed E-state index contributed by atoms with van der Waals surface area (Å²) in [5.74, 6) is 0.412.